The molecule has 0 saturated carbocycles. The highest BCUT2D eigenvalue weighted by Gasteiger charge is 2.07. The van der Waals surface area contributed by atoms with Gasteiger partial charge in [0.05, 0.1) is 0 Å². The van der Waals surface area contributed by atoms with Crippen LogP contribution in [0.25, 0.3) is 0 Å². The number of aryl methyl sites for hydroxylation is 1. The highest BCUT2D eigenvalue weighted by Crippen LogP contribution is 2.22. The third-order valence-corrected chi connectivity index (χ3v) is 3.01. The quantitative estimate of drug-likeness (QED) is 0.813. The zero-order chi connectivity index (χ0) is 13.5. The lowest BCUT2D eigenvalue weighted by atomic mass is 10.2. The summed E-state index contributed by atoms with van der Waals surface area (Å²) in [6.45, 7) is 8.05. The molecule has 0 aromatic heterocycles. The second-order valence-corrected chi connectivity index (χ2v) is 5.84. The van der Waals surface area contributed by atoms with E-state index in [1.54, 1.807) is 0 Å². The summed E-state index contributed by atoms with van der Waals surface area (Å²) in [5.74, 6) is 1.40. The van der Waals surface area contributed by atoms with Crippen LogP contribution in [0.5, 0.6) is 5.75 Å². The van der Waals surface area contributed by atoms with Gasteiger partial charge in [-0.15, -0.1) is 0 Å². The van der Waals surface area contributed by atoms with Crippen LogP contribution < -0.4 is 10.1 Å². The Hall–Kier alpha value is -0.580. The molecule has 2 N–H and O–H groups in total. The molecule has 1 aromatic rings. The Morgan fingerprint density at radius 2 is 2.06 bits per heavy atom. The van der Waals surface area contributed by atoms with E-state index in [2.05, 4.69) is 35.1 Å². The molecule has 1 atom stereocenters. The first-order chi connectivity index (χ1) is 8.49. The fourth-order valence-electron chi connectivity index (χ4n) is 1.51. The summed E-state index contributed by atoms with van der Waals surface area (Å²) in [5, 5.41) is 13.0. The maximum atomic E-state index is 9.78. The molecular weight excluding hydrogens is 294 g/mol. The summed E-state index contributed by atoms with van der Waals surface area (Å²) in [7, 11) is 0. The monoisotopic (exact) mass is 315 g/mol. The number of aliphatic hydroxyl groups excluding tert-OH is 1. The van der Waals surface area contributed by atoms with E-state index >= 15 is 0 Å². The number of halogens is 1. The Labute approximate surface area is 118 Å². The Balaban J connectivity index is 2.33. The van der Waals surface area contributed by atoms with Crippen molar-refractivity contribution in [2.24, 2.45) is 5.92 Å². The molecule has 102 valence electrons. The van der Waals surface area contributed by atoms with Crippen LogP contribution >= 0.6 is 15.9 Å². The van der Waals surface area contributed by atoms with Crippen LogP contribution in [-0.2, 0) is 0 Å². The molecule has 0 radical (unpaired) electrons. The summed E-state index contributed by atoms with van der Waals surface area (Å²) in [6, 6.07) is 5.88. The highest BCUT2D eigenvalue weighted by atomic mass is 79.9. The van der Waals surface area contributed by atoms with Crippen molar-refractivity contribution in [1.82, 2.24) is 5.32 Å². The molecule has 0 aliphatic heterocycles. The van der Waals surface area contributed by atoms with Crippen LogP contribution in [0.15, 0.2) is 22.7 Å². The van der Waals surface area contributed by atoms with Crippen molar-refractivity contribution in [3.05, 3.63) is 28.2 Å². The molecule has 18 heavy (non-hydrogen) atoms. The minimum Gasteiger partial charge on any atom is -0.491 e. The van der Waals surface area contributed by atoms with Crippen molar-refractivity contribution >= 4 is 15.9 Å². The van der Waals surface area contributed by atoms with Crippen LogP contribution in [-0.4, -0.2) is 30.9 Å². The summed E-state index contributed by atoms with van der Waals surface area (Å²) in [6.07, 6.45) is -0.484. The molecule has 0 heterocycles. The Kier molecular flexibility index (Phi) is 6.68. The maximum Gasteiger partial charge on any atom is 0.123 e. The second-order valence-electron chi connectivity index (χ2n) is 4.93. The number of ether oxygens (including phenoxy) is 1. The van der Waals surface area contributed by atoms with Crippen molar-refractivity contribution in [1.29, 1.82) is 0 Å². The summed E-state index contributed by atoms with van der Waals surface area (Å²) < 4.78 is 6.60. The predicted octanol–water partition coefficient (Wildman–Crippen LogP) is 2.74. The first-order valence-electron chi connectivity index (χ1n) is 6.26. The average molecular weight is 316 g/mol. The Morgan fingerprint density at radius 3 is 2.72 bits per heavy atom. The zero-order valence-corrected chi connectivity index (χ0v) is 12.8. The van der Waals surface area contributed by atoms with Crippen molar-refractivity contribution in [3.8, 4) is 5.75 Å². The summed E-state index contributed by atoms with van der Waals surface area (Å²) in [4.78, 5) is 0. The lowest BCUT2D eigenvalue weighted by Crippen LogP contribution is -2.33. The SMILES string of the molecule is Cc1ccc(Br)cc1OCC(O)CNCC(C)C. The van der Waals surface area contributed by atoms with Gasteiger partial charge in [0.25, 0.3) is 0 Å². The maximum absolute atomic E-state index is 9.78. The zero-order valence-electron chi connectivity index (χ0n) is 11.2. The smallest absolute Gasteiger partial charge is 0.123 e. The summed E-state index contributed by atoms with van der Waals surface area (Å²) in [5.41, 5.74) is 1.07. The van der Waals surface area contributed by atoms with Gasteiger partial charge in [0.2, 0.25) is 0 Å². The molecule has 0 spiro atoms. The number of nitrogens with one attached hydrogen (secondary N) is 1. The van der Waals surface area contributed by atoms with E-state index in [9.17, 15) is 5.11 Å². The Bertz CT molecular complexity index is 369. The standard InChI is InChI=1S/C14H22BrNO2/c1-10(2)7-16-8-13(17)9-18-14-6-12(15)5-4-11(14)3/h4-6,10,13,16-17H,7-9H2,1-3H3. The van der Waals surface area contributed by atoms with E-state index in [0.717, 1.165) is 22.3 Å². The van der Waals surface area contributed by atoms with Crippen molar-refractivity contribution in [3.63, 3.8) is 0 Å². The number of benzene rings is 1. The fraction of sp³-hybridized carbons (Fsp3) is 0.571. The normalized spacial score (nSPS) is 12.8. The minimum absolute atomic E-state index is 0.308. The topological polar surface area (TPSA) is 41.5 Å². The van der Waals surface area contributed by atoms with Gasteiger partial charge in [0.1, 0.15) is 18.5 Å². The van der Waals surface area contributed by atoms with Crippen molar-refractivity contribution < 1.29 is 9.84 Å². The van der Waals surface area contributed by atoms with Gasteiger partial charge in [-0.05, 0) is 37.1 Å². The Morgan fingerprint density at radius 1 is 1.33 bits per heavy atom. The molecule has 0 saturated heterocycles. The number of rotatable bonds is 7. The fourth-order valence-corrected chi connectivity index (χ4v) is 1.85. The lowest BCUT2D eigenvalue weighted by molar-refractivity contribution is 0.105. The van der Waals surface area contributed by atoms with Gasteiger partial charge in [0, 0.05) is 11.0 Å². The van der Waals surface area contributed by atoms with Crippen LogP contribution in [0.2, 0.25) is 0 Å². The van der Waals surface area contributed by atoms with Crippen molar-refractivity contribution in [2.45, 2.75) is 26.9 Å². The minimum atomic E-state index is -0.484. The number of aliphatic hydroxyl groups is 1. The van der Waals surface area contributed by atoms with E-state index in [4.69, 9.17) is 4.74 Å². The summed E-state index contributed by atoms with van der Waals surface area (Å²) >= 11 is 3.41. The molecule has 0 bridgehead atoms. The third kappa shape index (κ3) is 5.85. The van der Waals surface area contributed by atoms with E-state index < -0.39 is 6.10 Å². The molecule has 0 aliphatic rings. The van der Waals surface area contributed by atoms with E-state index in [1.807, 2.05) is 25.1 Å². The van der Waals surface area contributed by atoms with Gasteiger partial charge in [-0.3, -0.25) is 0 Å². The highest BCUT2D eigenvalue weighted by molar-refractivity contribution is 9.10. The van der Waals surface area contributed by atoms with Crippen LogP contribution in [0, 0.1) is 12.8 Å². The van der Waals surface area contributed by atoms with Gasteiger partial charge in [0.15, 0.2) is 0 Å². The number of hydrogen-bond donors (Lipinski definition) is 2. The second kappa shape index (κ2) is 7.77. The van der Waals surface area contributed by atoms with E-state index in [1.165, 1.54) is 0 Å². The van der Waals surface area contributed by atoms with Gasteiger partial charge in [-0.1, -0.05) is 35.8 Å². The van der Waals surface area contributed by atoms with Gasteiger partial charge < -0.3 is 15.2 Å². The molecule has 0 fully saturated rings. The van der Waals surface area contributed by atoms with Gasteiger partial charge in [-0.2, -0.15) is 0 Å². The molecule has 0 aliphatic carbocycles. The van der Waals surface area contributed by atoms with Crippen molar-refractivity contribution in [2.75, 3.05) is 19.7 Å². The average Bonchev–Trinajstić information content (AvgIpc) is 2.30. The third-order valence-electron chi connectivity index (χ3n) is 2.51. The molecule has 1 rings (SSSR count). The lowest BCUT2D eigenvalue weighted by Gasteiger charge is -2.15. The molecular formula is C14H22BrNO2. The van der Waals surface area contributed by atoms with E-state index in [0.29, 0.717) is 19.1 Å². The molecule has 1 unspecified atom stereocenters. The molecule has 4 heteroatoms. The van der Waals surface area contributed by atoms with Crippen LogP contribution in [0.1, 0.15) is 19.4 Å². The molecule has 1 aromatic carbocycles. The first-order valence-corrected chi connectivity index (χ1v) is 7.06. The number of hydrogen-bond acceptors (Lipinski definition) is 3. The predicted molar refractivity (Wildman–Crippen MR) is 78.1 cm³/mol. The van der Waals surface area contributed by atoms with Crippen LogP contribution in [0.4, 0.5) is 0 Å². The van der Waals surface area contributed by atoms with Gasteiger partial charge >= 0.3 is 0 Å². The largest absolute Gasteiger partial charge is 0.491 e. The molecule has 3 nitrogen and oxygen atoms in total. The van der Waals surface area contributed by atoms with Gasteiger partial charge in [-0.25, -0.2) is 0 Å². The molecule has 0 amide bonds. The van der Waals surface area contributed by atoms with Crippen LogP contribution in [0.3, 0.4) is 0 Å². The first kappa shape index (κ1) is 15.5. The van der Waals surface area contributed by atoms with E-state index in [-0.39, 0.29) is 0 Å².